The summed E-state index contributed by atoms with van der Waals surface area (Å²) in [6, 6.07) is 9.20. The minimum atomic E-state index is -0.242. The molecule has 9 heteroatoms. The SMILES string of the molecule is Cc1ccnc(Nc2ccc(NCCNC(=O)c3cc(C4CC4)on3)nn2)c1. The molecule has 0 unspecified atom stereocenters. The van der Waals surface area contributed by atoms with Crippen molar-refractivity contribution in [2.45, 2.75) is 25.7 Å². The van der Waals surface area contributed by atoms with E-state index >= 15 is 0 Å². The predicted octanol–water partition coefficient (Wildman–Crippen LogP) is 2.63. The molecule has 9 nitrogen and oxygen atoms in total. The summed E-state index contributed by atoms with van der Waals surface area (Å²) >= 11 is 0. The molecule has 0 spiro atoms. The van der Waals surface area contributed by atoms with E-state index in [1.165, 1.54) is 0 Å². The van der Waals surface area contributed by atoms with E-state index in [-0.39, 0.29) is 5.91 Å². The average Bonchev–Trinajstić information content (AvgIpc) is 3.43. The zero-order chi connectivity index (χ0) is 19.3. The number of carbonyl (C=O) groups excluding carboxylic acids is 1. The summed E-state index contributed by atoms with van der Waals surface area (Å²) in [5.41, 5.74) is 1.43. The number of aryl methyl sites for hydroxylation is 1. The Morgan fingerprint density at radius 1 is 1.11 bits per heavy atom. The number of pyridine rings is 1. The lowest BCUT2D eigenvalue weighted by atomic mass is 10.3. The molecule has 28 heavy (non-hydrogen) atoms. The Labute approximate surface area is 161 Å². The third-order valence-corrected chi connectivity index (χ3v) is 4.29. The summed E-state index contributed by atoms with van der Waals surface area (Å²) in [4.78, 5) is 16.3. The maximum Gasteiger partial charge on any atom is 0.273 e. The number of hydrogen-bond donors (Lipinski definition) is 3. The average molecular weight is 379 g/mol. The maximum atomic E-state index is 12.1. The number of nitrogens with zero attached hydrogens (tertiary/aromatic N) is 4. The molecule has 1 amide bonds. The molecular weight excluding hydrogens is 358 g/mol. The Bertz CT molecular complexity index is 951. The fraction of sp³-hybridized carbons (Fsp3) is 0.316. The van der Waals surface area contributed by atoms with Gasteiger partial charge in [-0.15, -0.1) is 10.2 Å². The van der Waals surface area contributed by atoms with Crippen LogP contribution in [0, 0.1) is 6.92 Å². The molecule has 0 atom stereocenters. The van der Waals surface area contributed by atoms with Gasteiger partial charge >= 0.3 is 0 Å². The zero-order valence-corrected chi connectivity index (χ0v) is 15.5. The molecular formula is C19H21N7O2. The van der Waals surface area contributed by atoms with Crippen LogP contribution in [-0.2, 0) is 0 Å². The Morgan fingerprint density at radius 3 is 2.68 bits per heavy atom. The minimum Gasteiger partial charge on any atom is -0.367 e. The van der Waals surface area contributed by atoms with Gasteiger partial charge in [0.15, 0.2) is 11.5 Å². The summed E-state index contributed by atoms with van der Waals surface area (Å²) in [7, 11) is 0. The summed E-state index contributed by atoms with van der Waals surface area (Å²) in [6.07, 6.45) is 3.95. The van der Waals surface area contributed by atoms with Crippen LogP contribution in [0.15, 0.2) is 41.1 Å². The first kappa shape index (κ1) is 17.9. The van der Waals surface area contributed by atoms with Gasteiger partial charge in [-0.2, -0.15) is 0 Å². The van der Waals surface area contributed by atoms with E-state index in [2.05, 4.69) is 36.3 Å². The van der Waals surface area contributed by atoms with Crippen molar-refractivity contribution < 1.29 is 9.32 Å². The zero-order valence-electron chi connectivity index (χ0n) is 15.5. The summed E-state index contributed by atoms with van der Waals surface area (Å²) in [5, 5.41) is 21.1. The summed E-state index contributed by atoms with van der Waals surface area (Å²) < 4.78 is 5.19. The highest BCUT2D eigenvalue weighted by Crippen LogP contribution is 2.40. The molecule has 144 valence electrons. The van der Waals surface area contributed by atoms with Gasteiger partial charge in [0.1, 0.15) is 17.4 Å². The molecule has 0 aliphatic heterocycles. The van der Waals surface area contributed by atoms with Crippen LogP contribution in [0.1, 0.15) is 40.6 Å². The van der Waals surface area contributed by atoms with Crippen LogP contribution in [0.25, 0.3) is 0 Å². The van der Waals surface area contributed by atoms with Crippen molar-refractivity contribution in [3.8, 4) is 0 Å². The summed E-state index contributed by atoms with van der Waals surface area (Å²) in [5.74, 6) is 2.94. The van der Waals surface area contributed by atoms with Crippen LogP contribution in [0.4, 0.5) is 17.5 Å². The maximum absolute atomic E-state index is 12.1. The first-order valence-electron chi connectivity index (χ1n) is 9.19. The van der Waals surface area contributed by atoms with Gasteiger partial charge in [-0.05, 0) is 49.6 Å². The number of aromatic nitrogens is 4. The van der Waals surface area contributed by atoms with Gasteiger partial charge in [0, 0.05) is 31.3 Å². The van der Waals surface area contributed by atoms with Gasteiger partial charge in [-0.1, -0.05) is 5.16 Å². The second kappa shape index (κ2) is 8.03. The van der Waals surface area contributed by atoms with Crippen LogP contribution in [0.3, 0.4) is 0 Å². The number of carbonyl (C=O) groups is 1. The molecule has 3 aromatic rings. The fourth-order valence-electron chi connectivity index (χ4n) is 2.64. The van der Waals surface area contributed by atoms with Crippen LogP contribution < -0.4 is 16.0 Å². The molecule has 1 saturated carbocycles. The number of anilines is 3. The molecule has 3 aromatic heterocycles. The van der Waals surface area contributed by atoms with Gasteiger partial charge in [-0.25, -0.2) is 4.98 Å². The topological polar surface area (TPSA) is 118 Å². The van der Waals surface area contributed by atoms with E-state index in [0.717, 1.165) is 30.0 Å². The Balaban J connectivity index is 1.21. The van der Waals surface area contributed by atoms with Gasteiger partial charge in [0.2, 0.25) is 0 Å². The van der Waals surface area contributed by atoms with E-state index in [1.807, 2.05) is 31.2 Å². The normalized spacial score (nSPS) is 13.2. The highest BCUT2D eigenvalue weighted by atomic mass is 16.5. The molecule has 1 fully saturated rings. The van der Waals surface area contributed by atoms with Crippen LogP contribution in [0.2, 0.25) is 0 Å². The van der Waals surface area contributed by atoms with Crippen LogP contribution in [-0.4, -0.2) is 39.3 Å². The first-order chi connectivity index (χ1) is 13.7. The molecule has 0 radical (unpaired) electrons. The van der Waals surface area contributed by atoms with E-state index < -0.39 is 0 Å². The van der Waals surface area contributed by atoms with Crippen molar-refractivity contribution in [3.05, 3.63) is 53.5 Å². The van der Waals surface area contributed by atoms with E-state index in [4.69, 9.17) is 4.52 Å². The number of rotatable bonds is 8. The Kier molecular flexibility index (Phi) is 5.14. The second-order valence-electron chi connectivity index (χ2n) is 6.72. The first-order valence-corrected chi connectivity index (χ1v) is 9.19. The molecule has 4 rings (SSSR count). The second-order valence-corrected chi connectivity index (χ2v) is 6.72. The molecule has 0 aromatic carbocycles. The fourth-order valence-corrected chi connectivity index (χ4v) is 2.64. The monoisotopic (exact) mass is 379 g/mol. The minimum absolute atomic E-state index is 0.242. The molecule has 3 heterocycles. The smallest absolute Gasteiger partial charge is 0.273 e. The van der Waals surface area contributed by atoms with Crippen molar-refractivity contribution in [1.82, 2.24) is 25.7 Å². The van der Waals surface area contributed by atoms with Gasteiger partial charge in [0.25, 0.3) is 5.91 Å². The van der Waals surface area contributed by atoms with Gasteiger partial charge in [-0.3, -0.25) is 4.79 Å². The number of hydrogen-bond acceptors (Lipinski definition) is 8. The van der Waals surface area contributed by atoms with Crippen molar-refractivity contribution in [1.29, 1.82) is 0 Å². The van der Waals surface area contributed by atoms with E-state index in [1.54, 1.807) is 12.3 Å². The number of amides is 1. The van der Waals surface area contributed by atoms with Crippen molar-refractivity contribution in [2.24, 2.45) is 0 Å². The lowest BCUT2D eigenvalue weighted by Crippen LogP contribution is -2.29. The third kappa shape index (κ3) is 4.61. The highest BCUT2D eigenvalue weighted by molar-refractivity contribution is 5.92. The molecule has 1 aliphatic rings. The Morgan fingerprint density at radius 2 is 1.93 bits per heavy atom. The van der Waals surface area contributed by atoms with Crippen molar-refractivity contribution in [2.75, 3.05) is 23.7 Å². The third-order valence-electron chi connectivity index (χ3n) is 4.29. The largest absolute Gasteiger partial charge is 0.367 e. The molecule has 3 N–H and O–H groups in total. The van der Waals surface area contributed by atoms with Crippen LogP contribution in [0.5, 0.6) is 0 Å². The lowest BCUT2D eigenvalue weighted by Gasteiger charge is -2.07. The Hall–Kier alpha value is -3.49. The van der Waals surface area contributed by atoms with E-state index in [9.17, 15) is 4.79 Å². The van der Waals surface area contributed by atoms with Crippen molar-refractivity contribution >= 4 is 23.4 Å². The van der Waals surface area contributed by atoms with Gasteiger partial charge in [0.05, 0.1) is 0 Å². The predicted molar refractivity (Wildman–Crippen MR) is 104 cm³/mol. The van der Waals surface area contributed by atoms with Gasteiger partial charge < -0.3 is 20.5 Å². The summed E-state index contributed by atoms with van der Waals surface area (Å²) in [6.45, 7) is 2.94. The molecule has 0 bridgehead atoms. The highest BCUT2D eigenvalue weighted by Gasteiger charge is 2.28. The van der Waals surface area contributed by atoms with Crippen LogP contribution >= 0.6 is 0 Å². The lowest BCUT2D eigenvalue weighted by molar-refractivity contribution is 0.0946. The van der Waals surface area contributed by atoms with Crippen molar-refractivity contribution in [3.63, 3.8) is 0 Å². The van der Waals surface area contributed by atoms with E-state index in [0.29, 0.717) is 36.3 Å². The number of nitrogens with one attached hydrogen (secondary N) is 3. The molecule has 0 saturated heterocycles. The molecule has 1 aliphatic carbocycles. The standard InChI is InChI=1S/C19H21N7O2/c1-12-6-7-20-18(10-12)23-17-5-4-16(24-25-17)21-8-9-22-19(27)14-11-15(28-26-14)13-2-3-13/h4-7,10-11,13H,2-3,8-9H2,1H3,(H,21,24)(H,22,27)(H,20,23,25). The quantitative estimate of drug-likeness (QED) is 0.511.